The molecule has 0 spiro atoms. The number of furan rings is 1. The second-order valence-electron chi connectivity index (χ2n) is 8.94. The number of methoxy groups -OCH3 is 1. The molecule has 8 nitrogen and oxygen atoms in total. The molecule has 8 heteroatoms. The average molecular weight is 490 g/mol. The predicted molar refractivity (Wildman–Crippen MR) is 135 cm³/mol. The number of likely N-dealkylation sites (tertiary alicyclic amines) is 1. The van der Waals surface area contributed by atoms with Gasteiger partial charge in [-0.1, -0.05) is 29.8 Å². The molecule has 0 saturated carbocycles. The van der Waals surface area contributed by atoms with Crippen molar-refractivity contribution in [3.05, 3.63) is 89.4 Å². The normalized spacial score (nSPS) is 14.7. The van der Waals surface area contributed by atoms with Crippen LogP contribution in [0.5, 0.6) is 5.75 Å². The van der Waals surface area contributed by atoms with Gasteiger partial charge >= 0.3 is 0 Å². The zero-order valence-electron chi connectivity index (χ0n) is 20.5. The smallest absolute Gasteiger partial charge is 0.257 e. The minimum absolute atomic E-state index is 0.103. The first-order chi connectivity index (χ1) is 17.5. The third-order valence-corrected chi connectivity index (χ3v) is 6.54. The second kappa shape index (κ2) is 11.6. The summed E-state index contributed by atoms with van der Waals surface area (Å²) in [4.78, 5) is 41.1. The Balaban J connectivity index is 1.45. The molecule has 2 heterocycles. The Morgan fingerprint density at radius 3 is 2.42 bits per heavy atom. The lowest BCUT2D eigenvalue weighted by molar-refractivity contribution is -0.124. The third-order valence-electron chi connectivity index (χ3n) is 6.54. The van der Waals surface area contributed by atoms with Crippen LogP contribution in [0.2, 0.25) is 0 Å². The number of nitrogens with zero attached hydrogens (tertiary/aromatic N) is 1. The highest BCUT2D eigenvalue weighted by Gasteiger charge is 2.34. The summed E-state index contributed by atoms with van der Waals surface area (Å²) in [7, 11) is 1.54. The third kappa shape index (κ3) is 5.94. The molecule has 2 aromatic carbocycles. The average Bonchev–Trinajstić information content (AvgIpc) is 3.44. The molecule has 0 bridgehead atoms. The molecule has 0 radical (unpaired) electrons. The Bertz CT molecular complexity index is 1180. The van der Waals surface area contributed by atoms with Crippen LogP contribution in [0.4, 0.5) is 0 Å². The van der Waals surface area contributed by atoms with Gasteiger partial charge in [0.1, 0.15) is 17.6 Å². The number of amides is 3. The van der Waals surface area contributed by atoms with Crippen LogP contribution in [0.15, 0.2) is 71.3 Å². The highest BCUT2D eigenvalue weighted by atomic mass is 16.5. The second-order valence-corrected chi connectivity index (χ2v) is 8.94. The SMILES string of the molecule is COc1ccccc1C(=O)N1CCC([C@@H](NC(=O)c2ccc(C)cc2)C(=O)NCc2ccco2)CC1. The Morgan fingerprint density at radius 2 is 1.75 bits per heavy atom. The Morgan fingerprint density at radius 1 is 1.03 bits per heavy atom. The van der Waals surface area contributed by atoms with Gasteiger partial charge in [-0.3, -0.25) is 14.4 Å². The largest absolute Gasteiger partial charge is 0.496 e. The Hall–Kier alpha value is -4.07. The van der Waals surface area contributed by atoms with Crippen LogP contribution in [0, 0.1) is 12.8 Å². The fourth-order valence-corrected chi connectivity index (χ4v) is 4.45. The number of para-hydroxylation sites is 1. The van der Waals surface area contributed by atoms with Crippen LogP contribution in [-0.2, 0) is 11.3 Å². The number of carbonyl (C=O) groups excluding carboxylic acids is 3. The van der Waals surface area contributed by atoms with E-state index < -0.39 is 6.04 Å². The van der Waals surface area contributed by atoms with E-state index in [0.717, 1.165) is 5.56 Å². The maximum absolute atomic E-state index is 13.2. The molecule has 1 aromatic heterocycles. The first-order valence-corrected chi connectivity index (χ1v) is 12.1. The number of rotatable bonds is 8. The van der Waals surface area contributed by atoms with Gasteiger partial charge in [0.25, 0.3) is 11.8 Å². The van der Waals surface area contributed by atoms with Gasteiger partial charge in [0.2, 0.25) is 5.91 Å². The number of nitrogens with one attached hydrogen (secondary N) is 2. The minimum atomic E-state index is -0.739. The van der Waals surface area contributed by atoms with Gasteiger partial charge in [0, 0.05) is 18.7 Å². The lowest BCUT2D eigenvalue weighted by Crippen LogP contribution is -2.53. The van der Waals surface area contributed by atoms with E-state index in [2.05, 4.69) is 10.6 Å². The summed E-state index contributed by atoms with van der Waals surface area (Å²) < 4.78 is 10.7. The van der Waals surface area contributed by atoms with Crippen molar-refractivity contribution in [2.45, 2.75) is 32.4 Å². The molecule has 1 aliphatic heterocycles. The number of hydrogen-bond acceptors (Lipinski definition) is 5. The van der Waals surface area contributed by atoms with Crippen molar-refractivity contribution >= 4 is 17.7 Å². The minimum Gasteiger partial charge on any atom is -0.496 e. The van der Waals surface area contributed by atoms with Gasteiger partial charge in [-0.15, -0.1) is 0 Å². The topological polar surface area (TPSA) is 101 Å². The first kappa shape index (κ1) is 25.0. The number of hydrogen-bond donors (Lipinski definition) is 2. The summed E-state index contributed by atoms with van der Waals surface area (Å²) >= 11 is 0. The van der Waals surface area contributed by atoms with Crippen LogP contribution in [0.1, 0.15) is 44.9 Å². The Labute approximate surface area is 210 Å². The number of aryl methyl sites for hydroxylation is 1. The monoisotopic (exact) mass is 489 g/mol. The summed E-state index contributed by atoms with van der Waals surface area (Å²) in [5.74, 6) is 0.350. The van der Waals surface area contributed by atoms with Crippen LogP contribution < -0.4 is 15.4 Å². The predicted octanol–water partition coefficient (Wildman–Crippen LogP) is 3.56. The lowest BCUT2D eigenvalue weighted by atomic mass is 9.88. The molecule has 4 rings (SSSR count). The summed E-state index contributed by atoms with van der Waals surface area (Å²) in [6.07, 6.45) is 2.70. The molecule has 36 heavy (non-hydrogen) atoms. The molecule has 3 amide bonds. The summed E-state index contributed by atoms with van der Waals surface area (Å²) in [6, 6.07) is 17.2. The van der Waals surface area contributed by atoms with Gasteiger partial charge < -0.3 is 24.7 Å². The number of benzene rings is 2. The molecule has 0 unspecified atom stereocenters. The zero-order chi connectivity index (χ0) is 25.5. The fourth-order valence-electron chi connectivity index (χ4n) is 4.45. The van der Waals surface area contributed by atoms with E-state index in [1.165, 1.54) is 0 Å². The molecular weight excluding hydrogens is 458 g/mol. The summed E-state index contributed by atoms with van der Waals surface area (Å²) in [5.41, 5.74) is 2.05. The molecule has 188 valence electrons. The van der Waals surface area contributed by atoms with E-state index in [1.54, 1.807) is 54.7 Å². The van der Waals surface area contributed by atoms with E-state index in [0.29, 0.717) is 48.6 Å². The number of carbonyl (C=O) groups is 3. The number of ether oxygens (including phenoxy) is 1. The van der Waals surface area contributed by atoms with Crippen LogP contribution in [0.3, 0.4) is 0 Å². The van der Waals surface area contributed by atoms with Gasteiger partial charge in [-0.25, -0.2) is 0 Å². The van der Waals surface area contributed by atoms with Crippen molar-refractivity contribution in [3.8, 4) is 5.75 Å². The molecule has 1 saturated heterocycles. The molecule has 1 atom stereocenters. The lowest BCUT2D eigenvalue weighted by Gasteiger charge is -2.36. The van der Waals surface area contributed by atoms with Gasteiger partial charge in [-0.05, 0) is 62.1 Å². The van der Waals surface area contributed by atoms with Crippen molar-refractivity contribution in [1.82, 2.24) is 15.5 Å². The molecule has 1 fully saturated rings. The van der Waals surface area contributed by atoms with Gasteiger partial charge in [0.15, 0.2) is 0 Å². The first-order valence-electron chi connectivity index (χ1n) is 12.1. The summed E-state index contributed by atoms with van der Waals surface area (Å²) in [5, 5.41) is 5.82. The van der Waals surface area contributed by atoms with E-state index in [9.17, 15) is 14.4 Å². The van der Waals surface area contributed by atoms with Crippen molar-refractivity contribution in [2.75, 3.05) is 20.2 Å². The van der Waals surface area contributed by atoms with E-state index in [1.807, 2.05) is 31.2 Å². The van der Waals surface area contributed by atoms with Crippen LogP contribution in [0.25, 0.3) is 0 Å². The van der Waals surface area contributed by atoms with Gasteiger partial charge in [0.05, 0.1) is 25.5 Å². The van der Waals surface area contributed by atoms with Crippen molar-refractivity contribution in [1.29, 1.82) is 0 Å². The Kier molecular flexibility index (Phi) is 8.05. The summed E-state index contributed by atoms with van der Waals surface area (Å²) in [6.45, 7) is 3.13. The van der Waals surface area contributed by atoms with Crippen LogP contribution in [-0.4, -0.2) is 48.9 Å². The maximum Gasteiger partial charge on any atom is 0.257 e. The molecule has 3 aromatic rings. The molecule has 1 aliphatic rings. The van der Waals surface area contributed by atoms with E-state index in [4.69, 9.17) is 9.15 Å². The standard InChI is InChI=1S/C28H31N3O5/c1-19-9-11-21(12-10-19)26(32)30-25(27(33)29-18-22-6-5-17-36-22)20-13-15-31(16-14-20)28(34)23-7-3-4-8-24(23)35-2/h3-12,17,20,25H,13-16,18H2,1-2H3,(H,29,33)(H,30,32)/t25-/m1/s1. The van der Waals surface area contributed by atoms with Crippen LogP contribution >= 0.6 is 0 Å². The van der Waals surface area contributed by atoms with Crippen molar-refractivity contribution in [3.63, 3.8) is 0 Å². The van der Waals surface area contributed by atoms with Crippen molar-refractivity contribution in [2.24, 2.45) is 5.92 Å². The highest BCUT2D eigenvalue weighted by Crippen LogP contribution is 2.26. The van der Waals surface area contributed by atoms with Gasteiger partial charge in [-0.2, -0.15) is 0 Å². The van der Waals surface area contributed by atoms with Crippen molar-refractivity contribution < 1.29 is 23.5 Å². The number of piperidine rings is 1. The zero-order valence-corrected chi connectivity index (χ0v) is 20.5. The van der Waals surface area contributed by atoms with E-state index >= 15 is 0 Å². The highest BCUT2D eigenvalue weighted by molar-refractivity contribution is 5.98. The molecule has 0 aliphatic carbocycles. The van der Waals surface area contributed by atoms with E-state index in [-0.39, 0.29) is 30.2 Å². The molecule has 2 N–H and O–H groups in total. The molecular formula is C28H31N3O5. The quantitative estimate of drug-likeness (QED) is 0.504. The fraction of sp³-hybridized carbons (Fsp3) is 0.321. The maximum atomic E-state index is 13.2.